The molecule has 4 nitrogen and oxygen atoms in total. The first-order chi connectivity index (χ1) is 7.66. The third-order valence-corrected chi connectivity index (χ3v) is 2.43. The van der Waals surface area contributed by atoms with Crippen molar-refractivity contribution in [3.63, 3.8) is 0 Å². The molecule has 0 atom stereocenters. The Hall–Kier alpha value is -1.97. The summed E-state index contributed by atoms with van der Waals surface area (Å²) in [4.78, 5) is 10.3. The second-order valence-electron chi connectivity index (χ2n) is 3.58. The number of carboxylic acids is 1. The standard InChI is InChI=1S/C12H12O4/c1-8-5-10-11(16-7-15-10)6-9(8)3-2-4-12(13)14/h2,4-6H,3,7H2,1H3,(H,13,14)/b4-2+. The summed E-state index contributed by atoms with van der Waals surface area (Å²) in [5.41, 5.74) is 2.11. The van der Waals surface area contributed by atoms with Crippen LogP contribution >= 0.6 is 0 Å². The summed E-state index contributed by atoms with van der Waals surface area (Å²) < 4.78 is 10.5. The number of carboxylic acid groups (broad SMARTS) is 1. The number of carbonyl (C=O) groups is 1. The van der Waals surface area contributed by atoms with E-state index >= 15 is 0 Å². The molecular weight excluding hydrogens is 208 g/mol. The Balaban J connectivity index is 2.18. The van der Waals surface area contributed by atoms with Crippen molar-refractivity contribution in [2.45, 2.75) is 13.3 Å². The van der Waals surface area contributed by atoms with Crippen molar-refractivity contribution in [1.82, 2.24) is 0 Å². The zero-order valence-corrected chi connectivity index (χ0v) is 8.90. The first kappa shape index (κ1) is 10.5. The Kier molecular flexibility index (Phi) is 2.81. The minimum atomic E-state index is -0.932. The van der Waals surface area contributed by atoms with E-state index in [1.807, 2.05) is 19.1 Å². The molecule has 1 aromatic rings. The molecule has 0 aromatic heterocycles. The Morgan fingerprint density at radius 1 is 1.44 bits per heavy atom. The van der Waals surface area contributed by atoms with Gasteiger partial charge in [0.1, 0.15) is 0 Å². The van der Waals surface area contributed by atoms with Gasteiger partial charge in [0.2, 0.25) is 6.79 Å². The minimum absolute atomic E-state index is 0.253. The Labute approximate surface area is 93.1 Å². The first-order valence-electron chi connectivity index (χ1n) is 4.95. The van der Waals surface area contributed by atoms with Crippen molar-refractivity contribution in [2.24, 2.45) is 0 Å². The maximum absolute atomic E-state index is 10.3. The molecule has 4 heteroatoms. The molecule has 1 aromatic carbocycles. The summed E-state index contributed by atoms with van der Waals surface area (Å²) in [6, 6.07) is 3.80. The van der Waals surface area contributed by atoms with E-state index in [2.05, 4.69) is 0 Å². The average Bonchev–Trinajstić information content (AvgIpc) is 2.64. The summed E-state index contributed by atoms with van der Waals surface area (Å²) in [5, 5.41) is 8.48. The van der Waals surface area contributed by atoms with E-state index in [1.165, 1.54) is 0 Å². The van der Waals surface area contributed by atoms with Gasteiger partial charge in [-0.25, -0.2) is 4.79 Å². The second kappa shape index (κ2) is 4.26. The van der Waals surface area contributed by atoms with Crippen LogP contribution in [0, 0.1) is 6.92 Å². The van der Waals surface area contributed by atoms with E-state index in [4.69, 9.17) is 14.6 Å². The van der Waals surface area contributed by atoms with Gasteiger partial charge in [-0.2, -0.15) is 0 Å². The number of aryl methyl sites for hydroxylation is 1. The summed E-state index contributed by atoms with van der Waals surface area (Å²) in [7, 11) is 0. The average molecular weight is 220 g/mol. The molecule has 1 aliphatic heterocycles. The minimum Gasteiger partial charge on any atom is -0.478 e. The number of allylic oxidation sites excluding steroid dienone is 1. The summed E-state index contributed by atoms with van der Waals surface area (Å²) in [6.45, 7) is 2.22. The lowest BCUT2D eigenvalue weighted by Gasteiger charge is -2.04. The maximum Gasteiger partial charge on any atom is 0.327 e. The van der Waals surface area contributed by atoms with Crippen LogP contribution < -0.4 is 9.47 Å². The molecule has 0 amide bonds. The Morgan fingerprint density at radius 3 is 2.81 bits per heavy atom. The lowest BCUT2D eigenvalue weighted by molar-refractivity contribution is -0.131. The van der Waals surface area contributed by atoms with E-state index in [0.717, 1.165) is 28.7 Å². The zero-order chi connectivity index (χ0) is 11.5. The van der Waals surface area contributed by atoms with Crippen molar-refractivity contribution < 1.29 is 19.4 Å². The molecule has 1 heterocycles. The fourth-order valence-electron chi connectivity index (χ4n) is 1.59. The number of ether oxygens (including phenoxy) is 2. The van der Waals surface area contributed by atoms with Crippen LogP contribution in [-0.4, -0.2) is 17.9 Å². The fraction of sp³-hybridized carbons (Fsp3) is 0.250. The van der Waals surface area contributed by atoms with Gasteiger partial charge < -0.3 is 14.6 Å². The van der Waals surface area contributed by atoms with Gasteiger partial charge in [-0.1, -0.05) is 6.08 Å². The van der Waals surface area contributed by atoms with Gasteiger partial charge in [0, 0.05) is 6.08 Å². The molecule has 0 aliphatic carbocycles. The smallest absolute Gasteiger partial charge is 0.327 e. The van der Waals surface area contributed by atoms with Crippen LogP contribution in [0.2, 0.25) is 0 Å². The molecule has 0 saturated heterocycles. The quantitative estimate of drug-likeness (QED) is 0.790. The van der Waals surface area contributed by atoms with Gasteiger partial charge >= 0.3 is 5.97 Å². The molecule has 1 aliphatic rings. The molecule has 0 radical (unpaired) electrons. The molecule has 0 unspecified atom stereocenters. The van der Waals surface area contributed by atoms with E-state index in [1.54, 1.807) is 6.08 Å². The third-order valence-electron chi connectivity index (χ3n) is 2.43. The molecule has 1 N–H and O–H groups in total. The Morgan fingerprint density at radius 2 is 2.12 bits per heavy atom. The summed E-state index contributed by atoms with van der Waals surface area (Å²) in [5.74, 6) is 0.547. The number of aliphatic carboxylic acids is 1. The van der Waals surface area contributed by atoms with Crippen LogP contribution in [0.3, 0.4) is 0 Å². The normalized spacial score (nSPS) is 13.3. The van der Waals surface area contributed by atoms with E-state index in [9.17, 15) is 4.79 Å². The lowest BCUT2D eigenvalue weighted by atomic mass is 10.0. The predicted molar refractivity (Wildman–Crippen MR) is 57.8 cm³/mol. The second-order valence-corrected chi connectivity index (χ2v) is 3.58. The van der Waals surface area contributed by atoms with Gasteiger partial charge in [-0.05, 0) is 36.6 Å². The van der Waals surface area contributed by atoms with Gasteiger partial charge in [0.25, 0.3) is 0 Å². The van der Waals surface area contributed by atoms with Crippen LogP contribution in [0.1, 0.15) is 11.1 Å². The molecule has 0 bridgehead atoms. The van der Waals surface area contributed by atoms with Gasteiger partial charge in [-0.15, -0.1) is 0 Å². The van der Waals surface area contributed by atoms with Crippen molar-refractivity contribution in [2.75, 3.05) is 6.79 Å². The van der Waals surface area contributed by atoms with Crippen LogP contribution in [-0.2, 0) is 11.2 Å². The number of hydrogen-bond acceptors (Lipinski definition) is 3. The number of hydrogen-bond donors (Lipinski definition) is 1. The molecule has 16 heavy (non-hydrogen) atoms. The molecular formula is C12H12O4. The summed E-state index contributed by atoms with van der Waals surface area (Å²) in [6.07, 6.45) is 3.34. The highest BCUT2D eigenvalue weighted by molar-refractivity contribution is 5.79. The molecule has 0 saturated carbocycles. The van der Waals surface area contributed by atoms with Crippen LogP contribution in [0.5, 0.6) is 11.5 Å². The van der Waals surface area contributed by atoms with Crippen LogP contribution in [0.25, 0.3) is 0 Å². The highest BCUT2D eigenvalue weighted by Gasteiger charge is 2.14. The topological polar surface area (TPSA) is 55.8 Å². The van der Waals surface area contributed by atoms with E-state index < -0.39 is 5.97 Å². The third kappa shape index (κ3) is 2.16. The number of benzene rings is 1. The van der Waals surface area contributed by atoms with Gasteiger partial charge in [0.15, 0.2) is 11.5 Å². The lowest BCUT2D eigenvalue weighted by Crippen LogP contribution is -1.92. The number of fused-ring (bicyclic) bond motifs is 1. The maximum atomic E-state index is 10.3. The molecule has 0 fully saturated rings. The zero-order valence-electron chi connectivity index (χ0n) is 8.90. The van der Waals surface area contributed by atoms with Crippen LogP contribution in [0.15, 0.2) is 24.3 Å². The van der Waals surface area contributed by atoms with Crippen molar-refractivity contribution >= 4 is 5.97 Å². The van der Waals surface area contributed by atoms with Crippen molar-refractivity contribution in [3.8, 4) is 11.5 Å². The SMILES string of the molecule is Cc1cc2c(cc1C/C=C/C(=O)O)OCO2. The highest BCUT2D eigenvalue weighted by Crippen LogP contribution is 2.34. The Bertz CT molecular complexity index is 449. The molecule has 0 spiro atoms. The molecule has 2 rings (SSSR count). The van der Waals surface area contributed by atoms with E-state index in [0.29, 0.717) is 6.42 Å². The van der Waals surface area contributed by atoms with Crippen molar-refractivity contribution in [3.05, 3.63) is 35.4 Å². The van der Waals surface area contributed by atoms with Gasteiger partial charge in [-0.3, -0.25) is 0 Å². The summed E-state index contributed by atoms with van der Waals surface area (Å²) >= 11 is 0. The fourth-order valence-corrected chi connectivity index (χ4v) is 1.59. The number of rotatable bonds is 3. The van der Waals surface area contributed by atoms with Crippen LogP contribution in [0.4, 0.5) is 0 Å². The predicted octanol–water partition coefficient (Wildman–Crippen LogP) is 1.91. The van der Waals surface area contributed by atoms with E-state index in [-0.39, 0.29) is 6.79 Å². The monoisotopic (exact) mass is 220 g/mol. The van der Waals surface area contributed by atoms with Crippen molar-refractivity contribution in [1.29, 1.82) is 0 Å². The molecule has 84 valence electrons. The highest BCUT2D eigenvalue weighted by atomic mass is 16.7. The first-order valence-corrected chi connectivity index (χ1v) is 4.95. The van der Waals surface area contributed by atoms with Gasteiger partial charge in [0.05, 0.1) is 0 Å². The largest absolute Gasteiger partial charge is 0.478 e.